The third kappa shape index (κ3) is 2.07. The lowest BCUT2D eigenvalue weighted by Gasteiger charge is -2.60. The molecule has 0 heterocycles. The maximum Gasteiger partial charge on any atom is 0.0886 e. The summed E-state index contributed by atoms with van der Waals surface area (Å²) in [5.41, 5.74) is 0.702. The number of fused-ring (bicyclic) bond motifs is 5. The van der Waals surface area contributed by atoms with E-state index in [1.165, 1.54) is 25.7 Å². The van der Waals surface area contributed by atoms with E-state index in [2.05, 4.69) is 35.9 Å². The number of hydrogen-bond acceptors (Lipinski definition) is 2. The van der Waals surface area contributed by atoms with Gasteiger partial charge in [0.05, 0.1) is 11.9 Å². The molecule has 3 fully saturated rings. The fourth-order valence-electron chi connectivity index (χ4n) is 6.80. The van der Waals surface area contributed by atoms with Crippen molar-refractivity contribution < 1.29 is 10.2 Å². The summed E-state index contributed by atoms with van der Waals surface area (Å²) in [4.78, 5) is 0.634. The van der Waals surface area contributed by atoms with Crippen molar-refractivity contribution in [3.8, 4) is 0 Å². The summed E-state index contributed by atoms with van der Waals surface area (Å²) >= 11 is 3.87. The highest BCUT2D eigenvalue weighted by Gasteiger charge is 2.61. The van der Waals surface area contributed by atoms with Crippen LogP contribution in [0.5, 0.6) is 0 Å². The van der Waals surface area contributed by atoms with Crippen LogP contribution in [0.1, 0.15) is 58.8 Å². The number of aliphatic hydroxyl groups is 2. The molecule has 0 aromatic rings. The predicted octanol–water partition coefficient (Wildman–Crippen LogP) is 4.82. The molecule has 8 atom stereocenters. The van der Waals surface area contributed by atoms with Gasteiger partial charge in [0.2, 0.25) is 0 Å². The largest absolute Gasteiger partial charge is 0.513 e. The molecule has 0 saturated heterocycles. The Kier molecular flexibility index (Phi) is 3.51. The first-order chi connectivity index (χ1) is 10.3. The minimum Gasteiger partial charge on any atom is -0.513 e. The van der Waals surface area contributed by atoms with Crippen LogP contribution in [-0.4, -0.2) is 21.1 Å². The van der Waals surface area contributed by atoms with Crippen molar-refractivity contribution in [2.75, 3.05) is 0 Å². The second kappa shape index (κ2) is 4.99. The van der Waals surface area contributed by atoms with Gasteiger partial charge in [-0.3, -0.25) is 0 Å². The van der Waals surface area contributed by atoms with E-state index in [-0.39, 0.29) is 11.5 Å². The Morgan fingerprint density at radius 3 is 2.77 bits per heavy atom. The quantitative estimate of drug-likeness (QED) is 0.602. The van der Waals surface area contributed by atoms with Gasteiger partial charge in [0.25, 0.3) is 0 Å². The Bertz CT molecular complexity index is 504. The van der Waals surface area contributed by atoms with Crippen molar-refractivity contribution in [1.82, 2.24) is 0 Å². The summed E-state index contributed by atoms with van der Waals surface area (Å²) in [5, 5.41) is 20.9. The van der Waals surface area contributed by atoms with Gasteiger partial charge in [0.1, 0.15) is 0 Å². The molecule has 0 aliphatic heterocycles. The van der Waals surface area contributed by atoms with Gasteiger partial charge in [0.15, 0.2) is 0 Å². The molecule has 0 bridgehead atoms. The SMILES string of the molecule is C[C@]12CC[C@H]3[C@@H]([C@@H](O)C[C@H]4CC(O)=CC[C@@]43C)[C@@H]1C[C@H](Br)C2. The van der Waals surface area contributed by atoms with E-state index < -0.39 is 0 Å². The summed E-state index contributed by atoms with van der Waals surface area (Å²) in [7, 11) is 0. The molecule has 3 heteroatoms. The molecule has 0 unspecified atom stereocenters. The second-order valence-electron chi connectivity index (χ2n) is 9.13. The van der Waals surface area contributed by atoms with Crippen LogP contribution in [0, 0.1) is 34.5 Å². The minimum atomic E-state index is -0.170. The molecule has 4 aliphatic rings. The van der Waals surface area contributed by atoms with Crippen molar-refractivity contribution in [3.63, 3.8) is 0 Å². The van der Waals surface area contributed by atoms with Crippen molar-refractivity contribution in [1.29, 1.82) is 0 Å². The molecule has 0 radical (unpaired) electrons. The summed E-state index contributed by atoms with van der Waals surface area (Å²) in [6, 6.07) is 0. The summed E-state index contributed by atoms with van der Waals surface area (Å²) in [6.07, 6.45) is 9.62. The predicted molar refractivity (Wildman–Crippen MR) is 91.9 cm³/mol. The molecular weight excluding hydrogens is 340 g/mol. The van der Waals surface area contributed by atoms with Crippen molar-refractivity contribution in [2.24, 2.45) is 34.5 Å². The van der Waals surface area contributed by atoms with Crippen LogP contribution in [0.4, 0.5) is 0 Å². The fraction of sp³-hybridized carbons (Fsp3) is 0.895. The van der Waals surface area contributed by atoms with Crippen LogP contribution in [0.15, 0.2) is 11.8 Å². The number of allylic oxidation sites excluding steroid dienone is 2. The van der Waals surface area contributed by atoms with Crippen LogP contribution in [0.25, 0.3) is 0 Å². The van der Waals surface area contributed by atoms with Crippen LogP contribution in [-0.2, 0) is 0 Å². The Labute approximate surface area is 142 Å². The molecule has 0 aromatic carbocycles. The van der Waals surface area contributed by atoms with Gasteiger partial charge < -0.3 is 10.2 Å². The molecule has 2 N–H and O–H groups in total. The topological polar surface area (TPSA) is 40.5 Å². The summed E-state index contributed by atoms with van der Waals surface area (Å²) in [5.74, 6) is 2.77. The molecule has 0 spiro atoms. The van der Waals surface area contributed by atoms with E-state index in [4.69, 9.17) is 0 Å². The number of alkyl halides is 1. The monoisotopic (exact) mass is 368 g/mol. The van der Waals surface area contributed by atoms with Crippen LogP contribution in [0.3, 0.4) is 0 Å². The maximum absolute atomic E-state index is 11.0. The Hall–Kier alpha value is -0.0200. The normalized spacial score (nSPS) is 57.5. The summed E-state index contributed by atoms with van der Waals surface area (Å²) in [6.45, 7) is 4.90. The van der Waals surface area contributed by atoms with Crippen molar-refractivity contribution >= 4 is 15.9 Å². The van der Waals surface area contributed by atoms with Crippen molar-refractivity contribution in [2.45, 2.75) is 69.7 Å². The lowest BCUT2D eigenvalue weighted by atomic mass is 9.45. The molecule has 22 heavy (non-hydrogen) atoms. The second-order valence-corrected chi connectivity index (χ2v) is 10.4. The van der Waals surface area contributed by atoms with E-state index in [0.717, 1.165) is 19.3 Å². The third-order valence-electron chi connectivity index (χ3n) is 8.03. The highest BCUT2D eigenvalue weighted by molar-refractivity contribution is 9.09. The molecule has 0 aromatic heterocycles. The van der Waals surface area contributed by atoms with Gasteiger partial charge in [-0.05, 0) is 79.1 Å². The maximum atomic E-state index is 11.0. The van der Waals surface area contributed by atoms with Crippen LogP contribution >= 0.6 is 15.9 Å². The van der Waals surface area contributed by atoms with E-state index >= 15 is 0 Å². The molecule has 2 nitrogen and oxygen atoms in total. The van der Waals surface area contributed by atoms with Gasteiger partial charge in [-0.2, -0.15) is 0 Å². The third-order valence-corrected chi connectivity index (χ3v) is 8.73. The van der Waals surface area contributed by atoms with Gasteiger partial charge >= 0.3 is 0 Å². The summed E-state index contributed by atoms with van der Waals surface area (Å²) < 4.78 is 0. The standard InChI is InChI=1S/C19H29BrO2/c1-18-5-4-14-17(15(18)9-12(20)10-18)16(22)8-11-7-13(21)3-6-19(11,14)2/h3,11-12,14-17,21-22H,4-10H2,1-2H3/t11-,12+,14+,15+,16+,17-,18-,19+/m1/s1. The zero-order valence-electron chi connectivity index (χ0n) is 13.8. The average Bonchev–Trinajstić information content (AvgIpc) is 2.75. The first-order valence-corrected chi connectivity index (χ1v) is 9.95. The van der Waals surface area contributed by atoms with Gasteiger partial charge in [0, 0.05) is 11.2 Å². The lowest BCUT2D eigenvalue weighted by Crippen LogP contribution is -2.56. The zero-order valence-corrected chi connectivity index (χ0v) is 15.3. The highest BCUT2D eigenvalue weighted by atomic mass is 79.9. The number of aliphatic hydroxyl groups excluding tert-OH is 2. The molecule has 4 rings (SSSR count). The number of hydrogen-bond donors (Lipinski definition) is 2. The van der Waals surface area contributed by atoms with E-state index in [1.54, 1.807) is 0 Å². The van der Waals surface area contributed by atoms with E-state index in [9.17, 15) is 10.2 Å². The van der Waals surface area contributed by atoms with E-state index in [0.29, 0.717) is 39.7 Å². The van der Waals surface area contributed by atoms with E-state index in [1.807, 2.05) is 0 Å². The molecule has 3 saturated carbocycles. The molecule has 0 amide bonds. The van der Waals surface area contributed by atoms with Crippen molar-refractivity contribution in [3.05, 3.63) is 11.8 Å². The minimum absolute atomic E-state index is 0.170. The Morgan fingerprint density at radius 1 is 1.23 bits per heavy atom. The number of rotatable bonds is 0. The van der Waals surface area contributed by atoms with Gasteiger partial charge in [-0.15, -0.1) is 0 Å². The Balaban J connectivity index is 1.70. The highest BCUT2D eigenvalue weighted by Crippen LogP contribution is 2.66. The van der Waals surface area contributed by atoms with Gasteiger partial charge in [-0.25, -0.2) is 0 Å². The molecule has 124 valence electrons. The van der Waals surface area contributed by atoms with Gasteiger partial charge in [-0.1, -0.05) is 29.8 Å². The first kappa shape index (κ1) is 15.5. The lowest BCUT2D eigenvalue weighted by molar-refractivity contribution is -0.149. The first-order valence-electron chi connectivity index (χ1n) is 9.03. The van der Waals surface area contributed by atoms with Crippen LogP contribution < -0.4 is 0 Å². The average molecular weight is 369 g/mol. The molecule has 4 aliphatic carbocycles. The smallest absolute Gasteiger partial charge is 0.0886 e. The Morgan fingerprint density at radius 2 is 2.00 bits per heavy atom. The molecular formula is C19H29BrO2. The fourth-order valence-corrected chi connectivity index (χ4v) is 7.94. The van der Waals surface area contributed by atoms with Crippen LogP contribution in [0.2, 0.25) is 0 Å². The number of halogens is 1. The zero-order chi connectivity index (χ0) is 15.7.